The zero-order valence-corrected chi connectivity index (χ0v) is 9.33. The third kappa shape index (κ3) is 2.63. The smallest absolute Gasteiger partial charge is 0.171 e. The van der Waals surface area contributed by atoms with Crippen LogP contribution in [-0.4, -0.2) is 26.0 Å². The highest BCUT2D eigenvalue weighted by Gasteiger charge is 2.19. The lowest BCUT2D eigenvalue weighted by Gasteiger charge is -2.17. The summed E-state index contributed by atoms with van der Waals surface area (Å²) in [6, 6.07) is 1.35. The van der Waals surface area contributed by atoms with Crippen molar-refractivity contribution < 1.29 is 0 Å². The normalized spacial score (nSPS) is 11.9. The lowest BCUT2D eigenvalue weighted by Crippen LogP contribution is -2.37. The second-order valence-corrected chi connectivity index (χ2v) is 13.3. The zero-order chi connectivity index (χ0) is 8.32. The van der Waals surface area contributed by atoms with Crippen molar-refractivity contribution in [2.75, 3.05) is 0 Å². The van der Waals surface area contributed by atoms with Crippen molar-refractivity contribution in [2.45, 2.75) is 26.1 Å². The van der Waals surface area contributed by atoms with Gasteiger partial charge in [-0.15, -0.1) is 0 Å². The summed E-state index contributed by atoms with van der Waals surface area (Å²) in [6.45, 7) is 7.13. The minimum absolute atomic E-state index is 0.931. The quantitative estimate of drug-likeness (QED) is 0.649. The van der Waals surface area contributed by atoms with E-state index in [0.29, 0.717) is 0 Å². The molecule has 0 saturated carbocycles. The fraction of sp³-hybridized carbons (Fsp3) is 0.571. The van der Waals surface area contributed by atoms with Crippen LogP contribution in [-0.2, 0) is 0 Å². The molecule has 0 saturated heterocycles. The first-order valence-electron chi connectivity index (χ1n) is 3.90. The molecule has 11 heavy (non-hydrogen) atoms. The molecule has 2 nitrogen and oxygen atoms in total. The number of rotatable bonds is 3. The molecule has 0 spiro atoms. The first-order chi connectivity index (χ1) is 5.14. The predicted molar refractivity (Wildman–Crippen MR) is 51.3 cm³/mol. The second-order valence-electron chi connectivity index (χ2n) is 3.32. The average Bonchev–Trinajstić information content (AvgIpc) is 2.39. The van der Waals surface area contributed by atoms with Crippen LogP contribution >= 0.6 is 0 Å². The summed E-state index contributed by atoms with van der Waals surface area (Å²) >= 11 is 0. The molecule has 0 bridgehead atoms. The summed E-state index contributed by atoms with van der Waals surface area (Å²) in [4.78, 5) is 4.03. The topological polar surface area (TPSA) is 17.8 Å². The van der Waals surface area contributed by atoms with Crippen LogP contribution in [0.5, 0.6) is 0 Å². The van der Waals surface area contributed by atoms with Gasteiger partial charge in [-0.25, -0.2) is 4.98 Å². The predicted octanol–water partition coefficient (Wildman–Crippen LogP) is 1.58. The molecular weight excluding hydrogens is 168 g/mol. The summed E-state index contributed by atoms with van der Waals surface area (Å²) < 4.78 is 2.22. The van der Waals surface area contributed by atoms with E-state index in [4.69, 9.17) is 0 Å². The summed E-state index contributed by atoms with van der Waals surface area (Å²) in [5.74, 6) is 0. The fourth-order valence-corrected chi connectivity index (χ4v) is 4.84. The highest BCUT2D eigenvalue weighted by atomic mass is 29.2. The van der Waals surface area contributed by atoms with Crippen molar-refractivity contribution in [3.63, 3.8) is 0 Å². The Balaban J connectivity index is 2.56. The molecule has 1 rings (SSSR count). The molecule has 1 aromatic heterocycles. The van der Waals surface area contributed by atoms with Crippen LogP contribution in [0.25, 0.3) is 0 Å². The maximum atomic E-state index is 4.03. The van der Waals surface area contributed by atoms with Crippen LogP contribution in [0.3, 0.4) is 0 Å². The lowest BCUT2D eigenvalue weighted by atomic mass is 11.0. The number of nitrogens with zero attached hydrogens (tertiary/aromatic N) is 2. The van der Waals surface area contributed by atoms with Crippen LogP contribution in [0.1, 0.15) is 6.92 Å². The number of imidazole rings is 1. The third-order valence-corrected chi connectivity index (χ3v) is 8.37. The molecule has 0 aromatic carbocycles. The fourth-order valence-electron chi connectivity index (χ4n) is 0.754. The highest BCUT2D eigenvalue weighted by molar-refractivity contribution is 7.23. The van der Waals surface area contributed by atoms with Crippen LogP contribution < -0.4 is 0 Å². The summed E-state index contributed by atoms with van der Waals surface area (Å²) in [5, 5.41) is 0. The Morgan fingerprint density at radius 1 is 1.55 bits per heavy atom. The molecule has 0 aliphatic carbocycles. The van der Waals surface area contributed by atoms with Crippen molar-refractivity contribution in [2.24, 2.45) is 0 Å². The van der Waals surface area contributed by atoms with Crippen molar-refractivity contribution in [1.82, 2.24) is 9.22 Å². The maximum absolute atomic E-state index is 4.03. The molecule has 4 heteroatoms. The first-order valence-corrected chi connectivity index (χ1v) is 9.05. The molecule has 60 valence electrons. The van der Waals surface area contributed by atoms with E-state index in [0.717, 1.165) is 9.20 Å². The van der Waals surface area contributed by atoms with E-state index in [-0.39, 0.29) is 0 Å². The Kier molecular flexibility index (Phi) is 2.67. The third-order valence-electron chi connectivity index (χ3n) is 1.82. The van der Waals surface area contributed by atoms with Gasteiger partial charge < -0.3 is 4.23 Å². The number of hydrogen-bond donors (Lipinski definition) is 0. The zero-order valence-electron chi connectivity index (χ0n) is 7.33. The van der Waals surface area contributed by atoms with Crippen LogP contribution in [0.4, 0.5) is 0 Å². The van der Waals surface area contributed by atoms with E-state index in [1.54, 1.807) is 0 Å². The van der Waals surface area contributed by atoms with E-state index < -0.39 is 7.59 Å². The van der Waals surface area contributed by atoms with Gasteiger partial charge in [-0.3, -0.25) is 0 Å². The molecule has 1 heterocycles. The Morgan fingerprint density at radius 3 is 2.73 bits per heavy atom. The lowest BCUT2D eigenvalue weighted by molar-refractivity contribution is 1.20. The van der Waals surface area contributed by atoms with Gasteiger partial charge in [0.1, 0.15) is 0 Å². The first kappa shape index (κ1) is 8.74. The minimum Gasteiger partial charge on any atom is -0.368 e. The molecule has 2 radical (unpaired) electrons. The molecule has 0 aliphatic heterocycles. The molecule has 0 amide bonds. The van der Waals surface area contributed by atoms with E-state index in [1.165, 1.54) is 6.04 Å². The largest absolute Gasteiger partial charge is 0.368 e. The molecule has 0 aliphatic rings. The Labute approximate surface area is 71.4 Å². The molecule has 0 atom stereocenters. The minimum atomic E-state index is -0.931. The standard InChI is InChI=1S/C7H14N2Si2/c1-4-11(2,3)10-9-6-5-8-7-9/h5-7H,4H2,1-3H3. The number of aromatic nitrogens is 2. The maximum Gasteiger partial charge on any atom is 0.171 e. The van der Waals surface area contributed by atoms with Crippen molar-refractivity contribution in [3.05, 3.63) is 18.7 Å². The Bertz CT molecular complexity index is 206. The van der Waals surface area contributed by atoms with Crippen molar-refractivity contribution in [1.29, 1.82) is 0 Å². The molecule has 1 aromatic rings. The van der Waals surface area contributed by atoms with Crippen LogP contribution in [0.2, 0.25) is 19.1 Å². The van der Waals surface area contributed by atoms with Crippen molar-refractivity contribution >= 4 is 16.8 Å². The van der Waals surface area contributed by atoms with Gasteiger partial charge in [-0.2, -0.15) is 0 Å². The Hall–Kier alpha value is -0.356. The monoisotopic (exact) mass is 182 g/mol. The van der Waals surface area contributed by atoms with Gasteiger partial charge in [-0.05, 0) is 0 Å². The van der Waals surface area contributed by atoms with E-state index in [1.807, 2.05) is 12.5 Å². The van der Waals surface area contributed by atoms with Gasteiger partial charge in [0.15, 0.2) is 9.20 Å². The Morgan fingerprint density at radius 2 is 2.27 bits per heavy atom. The summed E-state index contributed by atoms with van der Waals surface area (Å²) in [5.41, 5.74) is 0. The molecule has 0 unspecified atom stereocenters. The summed E-state index contributed by atoms with van der Waals surface area (Å²) in [6.07, 6.45) is 5.83. The van der Waals surface area contributed by atoms with Crippen LogP contribution in [0.15, 0.2) is 18.7 Å². The van der Waals surface area contributed by atoms with Crippen LogP contribution in [0, 0.1) is 0 Å². The highest BCUT2D eigenvalue weighted by Crippen LogP contribution is 2.06. The van der Waals surface area contributed by atoms with Gasteiger partial charge in [-0.1, -0.05) is 26.1 Å². The van der Waals surface area contributed by atoms with Crippen molar-refractivity contribution in [3.8, 4) is 0 Å². The van der Waals surface area contributed by atoms with Gasteiger partial charge >= 0.3 is 0 Å². The van der Waals surface area contributed by atoms with E-state index in [2.05, 4.69) is 35.4 Å². The SMILES string of the molecule is CC[Si](C)(C)[Si]n1ccnc1. The second kappa shape index (κ2) is 3.36. The van der Waals surface area contributed by atoms with E-state index in [9.17, 15) is 0 Å². The van der Waals surface area contributed by atoms with Gasteiger partial charge in [0.05, 0.1) is 13.9 Å². The average molecular weight is 182 g/mol. The van der Waals surface area contributed by atoms with E-state index >= 15 is 0 Å². The summed E-state index contributed by atoms with van der Waals surface area (Å²) in [7, 11) is 0.0176. The van der Waals surface area contributed by atoms with Gasteiger partial charge in [0.25, 0.3) is 0 Å². The molecule has 0 fully saturated rings. The molecular formula is C7H14N2Si2. The van der Waals surface area contributed by atoms with Gasteiger partial charge in [0, 0.05) is 12.4 Å². The molecule has 0 N–H and O–H groups in total. The van der Waals surface area contributed by atoms with Gasteiger partial charge in [0.2, 0.25) is 0 Å². The number of hydrogen-bond acceptors (Lipinski definition) is 1.